The minimum absolute atomic E-state index is 0.120. The van der Waals surface area contributed by atoms with E-state index in [2.05, 4.69) is 36.2 Å². The lowest BCUT2D eigenvalue weighted by molar-refractivity contribution is -0.0827. The maximum atomic E-state index is 12.7. The highest BCUT2D eigenvalue weighted by Gasteiger charge is 2.58. The quantitative estimate of drug-likeness (QED) is 0.848. The first-order valence-electron chi connectivity index (χ1n) is 9.29. The number of nitrogens with one attached hydrogen (secondary N) is 1. The summed E-state index contributed by atoms with van der Waals surface area (Å²) in [6.07, 6.45) is 3.57. The first-order valence-corrected chi connectivity index (χ1v) is 9.29. The van der Waals surface area contributed by atoms with Gasteiger partial charge >= 0.3 is 0 Å². The van der Waals surface area contributed by atoms with Crippen LogP contribution in [0.5, 0.6) is 5.88 Å². The average Bonchev–Trinajstić information content (AvgIpc) is 3.09. The molecule has 1 aromatic rings. The molecule has 138 valence electrons. The third-order valence-electron chi connectivity index (χ3n) is 6.11. The molecule has 1 saturated carbocycles. The van der Waals surface area contributed by atoms with Crippen molar-refractivity contribution in [3.05, 3.63) is 11.8 Å². The summed E-state index contributed by atoms with van der Waals surface area (Å²) in [7, 11) is 2.14. The van der Waals surface area contributed by atoms with Crippen molar-refractivity contribution >= 4 is 5.91 Å². The number of amides is 1. The number of hydrogen-bond acceptors (Lipinski definition) is 5. The van der Waals surface area contributed by atoms with E-state index >= 15 is 0 Å². The fourth-order valence-corrected chi connectivity index (χ4v) is 5.46. The maximum Gasteiger partial charge on any atom is 0.258 e. The summed E-state index contributed by atoms with van der Waals surface area (Å²) < 4.78 is 7.35. The first-order chi connectivity index (χ1) is 11.9. The molecule has 1 aliphatic carbocycles. The Kier molecular flexibility index (Phi) is 4.03. The number of fused-ring (bicyclic) bond motifs is 1. The van der Waals surface area contributed by atoms with Crippen LogP contribution >= 0.6 is 0 Å². The minimum Gasteiger partial charge on any atom is -0.477 e. The van der Waals surface area contributed by atoms with Gasteiger partial charge in [0, 0.05) is 31.0 Å². The highest BCUT2D eigenvalue weighted by atomic mass is 16.5. The van der Waals surface area contributed by atoms with Crippen LogP contribution in [0.4, 0.5) is 0 Å². The van der Waals surface area contributed by atoms with Crippen LogP contribution in [0, 0.1) is 11.3 Å². The van der Waals surface area contributed by atoms with Crippen LogP contribution in [-0.2, 0) is 6.54 Å². The van der Waals surface area contributed by atoms with E-state index in [0.717, 1.165) is 32.4 Å². The second kappa shape index (κ2) is 5.99. The van der Waals surface area contributed by atoms with Crippen LogP contribution in [0.3, 0.4) is 0 Å². The second-order valence-corrected chi connectivity index (χ2v) is 8.31. The van der Waals surface area contributed by atoms with Crippen LogP contribution in [0.15, 0.2) is 6.20 Å². The van der Waals surface area contributed by atoms with Gasteiger partial charge in [-0.2, -0.15) is 5.10 Å². The van der Waals surface area contributed by atoms with Crippen LogP contribution in [-0.4, -0.2) is 64.1 Å². The summed E-state index contributed by atoms with van der Waals surface area (Å²) in [5.74, 6) is 0.893. The van der Waals surface area contributed by atoms with Gasteiger partial charge in [0.1, 0.15) is 5.56 Å². The number of ether oxygens (including phenoxy) is 1. The fraction of sp³-hybridized carbons (Fsp3) is 0.778. The number of aromatic nitrogens is 2. The number of carbonyl (C=O) groups excluding carboxylic acids is 1. The lowest BCUT2D eigenvalue weighted by Gasteiger charge is -2.57. The minimum atomic E-state index is -0.494. The molecule has 0 bridgehead atoms. The number of likely N-dealkylation sites (tertiary alicyclic amines) is 1. The number of aliphatic hydroxyl groups excluding tert-OH is 1. The molecule has 0 radical (unpaired) electrons. The summed E-state index contributed by atoms with van der Waals surface area (Å²) in [6.45, 7) is 6.85. The zero-order valence-electron chi connectivity index (χ0n) is 15.2. The maximum absolute atomic E-state index is 12.7. The van der Waals surface area contributed by atoms with Crippen molar-refractivity contribution in [1.82, 2.24) is 20.0 Å². The third kappa shape index (κ3) is 2.64. The molecule has 1 spiro atoms. The standard InChI is InChI=1S/C18H28N4O3/c1-11(2)15-18(10-21(15)3)7-13(14(23)8-18)20-16(24)12-9-19-22-5-4-6-25-17(12)22/h9,11,13-15,23H,4-8,10H2,1-3H3,(H,20,24)/t13-,14-,15?,18?/m1/s1. The topological polar surface area (TPSA) is 79.6 Å². The van der Waals surface area contributed by atoms with Crippen LogP contribution < -0.4 is 10.1 Å². The van der Waals surface area contributed by atoms with E-state index < -0.39 is 6.10 Å². The zero-order chi connectivity index (χ0) is 17.8. The van der Waals surface area contributed by atoms with Crippen LogP contribution in [0.2, 0.25) is 0 Å². The molecule has 25 heavy (non-hydrogen) atoms. The fourth-order valence-electron chi connectivity index (χ4n) is 5.46. The number of aryl methyl sites for hydroxylation is 1. The Hall–Kier alpha value is -1.60. The van der Waals surface area contributed by atoms with Crippen molar-refractivity contribution in [2.45, 2.75) is 57.8 Å². The zero-order valence-corrected chi connectivity index (χ0v) is 15.2. The number of carbonyl (C=O) groups is 1. The number of aliphatic hydroxyl groups is 1. The van der Waals surface area contributed by atoms with Gasteiger partial charge in [-0.3, -0.25) is 4.79 Å². The summed E-state index contributed by atoms with van der Waals surface area (Å²) >= 11 is 0. The van der Waals surface area contributed by atoms with Gasteiger partial charge in [-0.05, 0) is 25.8 Å². The molecule has 4 rings (SSSR count). The Morgan fingerprint density at radius 3 is 3.00 bits per heavy atom. The van der Waals surface area contributed by atoms with E-state index in [0.29, 0.717) is 30.0 Å². The van der Waals surface area contributed by atoms with Crippen molar-refractivity contribution < 1.29 is 14.6 Å². The molecule has 0 aromatic carbocycles. The van der Waals surface area contributed by atoms with E-state index in [1.54, 1.807) is 10.9 Å². The predicted octanol–water partition coefficient (Wildman–Crippen LogP) is 0.875. The smallest absolute Gasteiger partial charge is 0.258 e. The Morgan fingerprint density at radius 1 is 1.48 bits per heavy atom. The molecular weight excluding hydrogens is 320 g/mol. The van der Waals surface area contributed by atoms with Gasteiger partial charge in [-0.15, -0.1) is 0 Å². The van der Waals surface area contributed by atoms with E-state index in [1.165, 1.54) is 0 Å². The second-order valence-electron chi connectivity index (χ2n) is 8.31. The van der Waals surface area contributed by atoms with Gasteiger partial charge in [0.15, 0.2) is 0 Å². The molecule has 3 aliphatic rings. The molecule has 1 saturated heterocycles. The summed E-state index contributed by atoms with van der Waals surface area (Å²) in [5.41, 5.74) is 0.592. The van der Waals surface area contributed by atoms with E-state index in [-0.39, 0.29) is 17.4 Å². The molecule has 2 fully saturated rings. The van der Waals surface area contributed by atoms with Gasteiger partial charge < -0.3 is 20.1 Å². The van der Waals surface area contributed by atoms with Gasteiger partial charge in [-0.1, -0.05) is 13.8 Å². The lowest BCUT2D eigenvalue weighted by Crippen LogP contribution is -2.64. The molecule has 2 N–H and O–H groups in total. The van der Waals surface area contributed by atoms with Crippen LogP contribution in [0.25, 0.3) is 0 Å². The van der Waals surface area contributed by atoms with Crippen molar-refractivity contribution in [3.8, 4) is 5.88 Å². The summed E-state index contributed by atoms with van der Waals surface area (Å²) in [4.78, 5) is 15.1. The number of nitrogens with zero attached hydrogens (tertiary/aromatic N) is 3. The summed E-state index contributed by atoms with van der Waals surface area (Å²) in [6, 6.07) is 0.262. The largest absolute Gasteiger partial charge is 0.477 e. The Labute approximate surface area is 148 Å². The molecule has 1 aromatic heterocycles. The molecule has 2 aliphatic heterocycles. The molecule has 1 amide bonds. The molecule has 4 atom stereocenters. The van der Waals surface area contributed by atoms with E-state index in [1.807, 2.05) is 0 Å². The lowest BCUT2D eigenvalue weighted by atomic mass is 9.66. The Bertz CT molecular complexity index is 669. The van der Waals surface area contributed by atoms with Crippen molar-refractivity contribution in [1.29, 1.82) is 0 Å². The Morgan fingerprint density at radius 2 is 2.28 bits per heavy atom. The molecular formula is C18H28N4O3. The number of hydrogen-bond donors (Lipinski definition) is 2. The monoisotopic (exact) mass is 348 g/mol. The van der Waals surface area contributed by atoms with Gasteiger partial charge in [0.05, 0.1) is 24.9 Å². The molecule has 7 heteroatoms. The van der Waals surface area contributed by atoms with Gasteiger partial charge in [-0.25, -0.2) is 4.68 Å². The van der Waals surface area contributed by atoms with Crippen molar-refractivity contribution in [2.24, 2.45) is 11.3 Å². The highest BCUT2D eigenvalue weighted by Crippen LogP contribution is 2.52. The Balaban J connectivity index is 1.47. The van der Waals surface area contributed by atoms with Crippen LogP contribution in [0.1, 0.15) is 43.5 Å². The third-order valence-corrected chi connectivity index (χ3v) is 6.11. The number of rotatable bonds is 3. The van der Waals surface area contributed by atoms with Crippen molar-refractivity contribution in [2.75, 3.05) is 20.2 Å². The average molecular weight is 348 g/mol. The van der Waals surface area contributed by atoms with Crippen molar-refractivity contribution in [3.63, 3.8) is 0 Å². The molecule has 7 nitrogen and oxygen atoms in total. The first kappa shape index (κ1) is 16.8. The SMILES string of the molecule is CC(C)C1N(C)CC12C[C@@H](O)[C@H](NC(=O)c1cnn3c1OCCC3)C2. The molecule has 2 unspecified atom stereocenters. The predicted molar refractivity (Wildman–Crippen MR) is 92.5 cm³/mol. The summed E-state index contributed by atoms with van der Waals surface area (Å²) in [5, 5.41) is 17.8. The van der Waals surface area contributed by atoms with E-state index in [9.17, 15) is 9.90 Å². The molecule has 3 heterocycles. The van der Waals surface area contributed by atoms with Gasteiger partial charge in [0.25, 0.3) is 5.91 Å². The van der Waals surface area contributed by atoms with Gasteiger partial charge in [0.2, 0.25) is 5.88 Å². The highest BCUT2D eigenvalue weighted by molar-refractivity contribution is 5.96. The van der Waals surface area contributed by atoms with E-state index in [4.69, 9.17) is 4.74 Å². The normalized spacial score (nSPS) is 34.7.